The summed E-state index contributed by atoms with van der Waals surface area (Å²) in [4.78, 5) is 0. The molecule has 0 amide bonds. The molecular weight excluding hydrogens is 249 g/mol. The van der Waals surface area contributed by atoms with Gasteiger partial charge < -0.3 is 14.8 Å². The molecule has 5 heteroatoms. The van der Waals surface area contributed by atoms with Gasteiger partial charge in [-0.15, -0.1) is 0 Å². The van der Waals surface area contributed by atoms with E-state index in [0.717, 1.165) is 5.69 Å². The summed E-state index contributed by atoms with van der Waals surface area (Å²) in [5.41, 5.74) is 0.765. The smallest absolute Gasteiger partial charge is 0.176 e. The second-order valence-corrected chi connectivity index (χ2v) is 4.24. The average Bonchev–Trinajstić information content (AvgIpc) is 2.25. The fourth-order valence-corrected chi connectivity index (χ4v) is 1.77. The molecule has 0 radical (unpaired) electrons. The van der Waals surface area contributed by atoms with Crippen LogP contribution >= 0.6 is 23.2 Å². The standard InChI is InChI=1S/C11H15Cl2NO2/c1-7(11(15-2)16-3)14-10-6-8(12)4-5-9(10)13/h4-7,11,14H,1-3H3. The van der Waals surface area contributed by atoms with Gasteiger partial charge in [0.1, 0.15) is 0 Å². The van der Waals surface area contributed by atoms with E-state index < -0.39 is 0 Å². The first-order chi connectivity index (χ1) is 7.58. The first-order valence-corrected chi connectivity index (χ1v) is 5.61. The molecule has 0 heterocycles. The quantitative estimate of drug-likeness (QED) is 0.826. The summed E-state index contributed by atoms with van der Waals surface area (Å²) in [6.07, 6.45) is -0.338. The van der Waals surface area contributed by atoms with Crippen LogP contribution in [0.25, 0.3) is 0 Å². The number of rotatable bonds is 5. The van der Waals surface area contributed by atoms with Crippen molar-refractivity contribution in [1.29, 1.82) is 0 Å². The summed E-state index contributed by atoms with van der Waals surface area (Å²) >= 11 is 11.9. The van der Waals surface area contributed by atoms with Crippen molar-refractivity contribution in [3.05, 3.63) is 28.2 Å². The van der Waals surface area contributed by atoms with Crippen molar-refractivity contribution in [2.24, 2.45) is 0 Å². The van der Waals surface area contributed by atoms with Gasteiger partial charge in [0.15, 0.2) is 6.29 Å². The molecule has 3 nitrogen and oxygen atoms in total. The molecule has 0 spiro atoms. The number of ether oxygens (including phenoxy) is 2. The number of nitrogens with one attached hydrogen (secondary N) is 1. The summed E-state index contributed by atoms with van der Waals surface area (Å²) < 4.78 is 10.3. The number of benzene rings is 1. The van der Waals surface area contributed by atoms with Gasteiger partial charge in [-0.2, -0.15) is 0 Å². The van der Waals surface area contributed by atoms with E-state index in [4.69, 9.17) is 32.7 Å². The van der Waals surface area contributed by atoms with Gasteiger partial charge in [0.05, 0.1) is 16.8 Å². The van der Waals surface area contributed by atoms with Crippen molar-refractivity contribution in [2.75, 3.05) is 19.5 Å². The molecule has 1 unspecified atom stereocenters. The maximum absolute atomic E-state index is 6.03. The molecule has 0 aliphatic carbocycles. The van der Waals surface area contributed by atoms with Gasteiger partial charge in [-0.05, 0) is 25.1 Å². The highest BCUT2D eigenvalue weighted by Gasteiger charge is 2.16. The van der Waals surface area contributed by atoms with E-state index in [1.807, 2.05) is 6.92 Å². The molecule has 90 valence electrons. The fourth-order valence-electron chi connectivity index (χ4n) is 1.43. The third-order valence-corrected chi connectivity index (χ3v) is 2.75. The molecule has 0 saturated heterocycles. The molecule has 1 rings (SSSR count). The lowest BCUT2D eigenvalue weighted by Gasteiger charge is -2.23. The van der Waals surface area contributed by atoms with E-state index in [0.29, 0.717) is 10.0 Å². The van der Waals surface area contributed by atoms with Crippen LogP contribution in [0.4, 0.5) is 5.69 Å². The second kappa shape index (κ2) is 6.30. The number of hydrogen-bond donors (Lipinski definition) is 1. The molecule has 1 atom stereocenters. The molecule has 0 aromatic heterocycles. The Morgan fingerprint density at radius 3 is 2.38 bits per heavy atom. The third-order valence-electron chi connectivity index (χ3n) is 2.18. The topological polar surface area (TPSA) is 30.5 Å². The molecule has 16 heavy (non-hydrogen) atoms. The van der Waals surface area contributed by atoms with Crippen molar-refractivity contribution in [3.8, 4) is 0 Å². The monoisotopic (exact) mass is 263 g/mol. The van der Waals surface area contributed by atoms with E-state index in [2.05, 4.69) is 5.32 Å². The molecule has 0 aliphatic rings. The average molecular weight is 264 g/mol. The largest absolute Gasteiger partial charge is 0.376 e. The van der Waals surface area contributed by atoms with Crippen LogP contribution in [0.2, 0.25) is 10.0 Å². The number of methoxy groups -OCH3 is 2. The van der Waals surface area contributed by atoms with Crippen LogP contribution in [0.1, 0.15) is 6.92 Å². The van der Waals surface area contributed by atoms with Crippen molar-refractivity contribution >= 4 is 28.9 Å². The van der Waals surface area contributed by atoms with Gasteiger partial charge >= 0.3 is 0 Å². The van der Waals surface area contributed by atoms with Crippen LogP contribution in [0.15, 0.2) is 18.2 Å². The Morgan fingerprint density at radius 2 is 1.81 bits per heavy atom. The Bertz CT molecular complexity index is 343. The molecule has 0 saturated carbocycles. The zero-order valence-electron chi connectivity index (χ0n) is 9.46. The molecule has 1 N–H and O–H groups in total. The zero-order valence-corrected chi connectivity index (χ0v) is 11.0. The zero-order chi connectivity index (χ0) is 12.1. The van der Waals surface area contributed by atoms with Crippen LogP contribution in [0.5, 0.6) is 0 Å². The molecular formula is C11H15Cl2NO2. The molecule has 0 fully saturated rings. The lowest BCUT2D eigenvalue weighted by molar-refractivity contribution is -0.109. The Kier molecular flexibility index (Phi) is 5.35. The van der Waals surface area contributed by atoms with E-state index in [-0.39, 0.29) is 12.3 Å². The maximum atomic E-state index is 6.03. The summed E-state index contributed by atoms with van der Waals surface area (Å²) in [6, 6.07) is 5.21. The van der Waals surface area contributed by atoms with E-state index >= 15 is 0 Å². The second-order valence-electron chi connectivity index (χ2n) is 3.40. The van der Waals surface area contributed by atoms with E-state index in [9.17, 15) is 0 Å². The first kappa shape index (κ1) is 13.6. The van der Waals surface area contributed by atoms with Gasteiger partial charge in [-0.3, -0.25) is 0 Å². The Hall–Kier alpha value is -0.480. The summed E-state index contributed by atoms with van der Waals surface area (Å²) in [5, 5.41) is 4.43. The van der Waals surface area contributed by atoms with Crippen molar-refractivity contribution in [2.45, 2.75) is 19.3 Å². The van der Waals surface area contributed by atoms with Crippen LogP contribution in [0, 0.1) is 0 Å². The van der Waals surface area contributed by atoms with Crippen molar-refractivity contribution in [3.63, 3.8) is 0 Å². The van der Waals surface area contributed by atoms with Gasteiger partial charge in [-0.25, -0.2) is 0 Å². The van der Waals surface area contributed by atoms with Crippen LogP contribution in [-0.2, 0) is 9.47 Å². The highest BCUT2D eigenvalue weighted by Crippen LogP contribution is 2.26. The first-order valence-electron chi connectivity index (χ1n) is 4.85. The normalized spacial score (nSPS) is 12.9. The summed E-state index contributed by atoms with van der Waals surface area (Å²) in [5.74, 6) is 0. The lowest BCUT2D eigenvalue weighted by atomic mass is 10.2. The van der Waals surface area contributed by atoms with Crippen LogP contribution < -0.4 is 5.32 Å². The number of anilines is 1. The van der Waals surface area contributed by atoms with E-state index in [1.165, 1.54) is 0 Å². The van der Waals surface area contributed by atoms with Gasteiger partial charge in [-0.1, -0.05) is 23.2 Å². The Balaban J connectivity index is 2.75. The number of halogens is 2. The van der Waals surface area contributed by atoms with Gasteiger partial charge in [0.2, 0.25) is 0 Å². The van der Waals surface area contributed by atoms with Crippen molar-refractivity contribution in [1.82, 2.24) is 0 Å². The molecule has 1 aromatic rings. The molecule has 0 bridgehead atoms. The predicted molar refractivity (Wildman–Crippen MR) is 67.4 cm³/mol. The highest BCUT2D eigenvalue weighted by molar-refractivity contribution is 6.35. The van der Waals surface area contributed by atoms with E-state index in [1.54, 1.807) is 32.4 Å². The minimum atomic E-state index is -0.338. The maximum Gasteiger partial charge on any atom is 0.176 e. The van der Waals surface area contributed by atoms with Crippen LogP contribution in [-0.4, -0.2) is 26.6 Å². The van der Waals surface area contributed by atoms with Crippen molar-refractivity contribution < 1.29 is 9.47 Å². The van der Waals surface area contributed by atoms with Gasteiger partial charge in [0.25, 0.3) is 0 Å². The molecule has 1 aromatic carbocycles. The minimum absolute atomic E-state index is 0.0361. The van der Waals surface area contributed by atoms with Gasteiger partial charge in [0, 0.05) is 19.2 Å². The third kappa shape index (κ3) is 3.52. The fraction of sp³-hybridized carbons (Fsp3) is 0.455. The van der Waals surface area contributed by atoms with Crippen LogP contribution in [0.3, 0.4) is 0 Å². The molecule has 0 aliphatic heterocycles. The predicted octanol–water partition coefficient (Wildman–Crippen LogP) is 3.41. The minimum Gasteiger partial charge on any atom is -0.376 e. The Labute approximate surface area is 106 Å². The number of hydrogen-bond acceptors (Lipinski definition) is 3. The Morgan fingerprint density at radius 1 is 1.19 bits per heavy atom. The lowest BCUT2D eigenvalue weighted by Crippen LogP contribution is -2.33. The summed E-state index contributed by atoms with van der Waals surface area (Å²) in [6.45, 7) is 1.94. The summed E-state index contributed by atoms with van der Waals surface area (Å²) in [7, 11) is 3.18. The SMILES string of the molecule is COC(OC)C(C)Nc1cc(Cl)ccc1Cl. The highest BCUT2D eigenvalue weighted by atomic mass is 35.5.